The average Bonchev–Trinajstić information content (AvgIpc) is 3.30. The zero-order chi connectivity index (χ0) is 20.2. The molecule has 29 heavy (non-hydrogen) atoms. The predicted octanol–water partition coefficient (Wildman–Crippen LogP) is 3.10. The van der Waals surface area contributed by atoms with Gasteiger partial charge in [-0.05, 0) is 42.3 Å². The van der Waals surface area contributed by atoms with Crippen LogP contribution in [0.25, 0.3) is 0 Å². The van der Waals surface area contributed by atoms with Crippen molar-refractivity contribution >= 4 is 11.8 Å². The Balaban J connectivity index is 1.53. The molecule has 3 heterocycles. The smallest absolute Gasteiger partial charge is 0.289 e. The first-order valence-corrected chi connectivity index (χ1v) is 9.73. The van der Waals surface area contributed by atoms with Gasteiger partial charge in [0.05, 0.1) is 12.0 Å². The van der Waals surface area contributed by atoms with Crippen LogP contribution in [0.5, 0.6) is 0 Å². The zero-order valence-electron chi connectivity index (χ0n) is 16.3. The van der Waals surface area contributed by atoms with E-state index >= 15 is 0 Å². The van der Waals surface area contributed by atoms with Crippen LogP contribution in [0.1, 0.15) is 33.3 Å². The molecular weight excluding hydrogens is 366 g/mol. The van der Waals surface area contributed by atoms with Crippen molar-refractivity contribution in [3.8, 4) is 0 Å². The van der Waals surface area contributed by atoms with Gasteiger partial charge < -0.3 is 14.2 Å². The van der Waals surface area contributed by atoms with E-state index in [1.54, 1.807) is 23.2 Å². The summed E-state index contributed by atoms with van der Waals surface area (Å²) in [4.78, 5) is 34.0. The van der Waals surface area contributed by atoms with Crippen molar-refractivity contribution in [2.45, 2.75) is 12.8 Å². The standard InChI is InChI=1S/C23H23N3O3/c1-17-7-2-3-8-18(17)21(19-9-4-5-11-24-19)23(28)26-14-12-25(13-15-26)22(27)20-10-6-16-29-20/h2-11,16,21H,12-15H2,1H3. The Morgan fingerprint density at radius 2 is 1.66 bits per heavy atom. The highest BCUT2D eigenvalue weighted by Crippen LogP contribution is 2.28. The molecule has 3 aromatic rings. The van der Waals surface area contributed by atoms with Crippen LogP contribution in [-0.2, 0) is 4.79 Å². The molecule has 1 aliphatic heterocycles. The van der Waals surface area contributed by atoms with Crippen LogP contribution >= 0.6 is 0 Å². The minimum atomic E-state index is -0.454. The van der Waals surface area contributed by atoms with E-state index in [9.17, 15) is 9.59 Å². The molecule has 6 nitrogen and oxygen atoms in total. The third-order valence-corrected chi connectivity index (χ3v) is 5.34. The number of aromatic nitrogens is 1. The highest BCUT2D eigenvalue weighted by Gasteiger charge is 2.32. The maximum absolute atomic E-state index is 13.5. The number of aryl methyl sites for hydroxylation is 1. The molecule has 1 saturated heterocycles. The van der Waals surface area contributed by atoms with E-state index in [1.165, 1.54) is 6.26 Å². The fraction of sp³-hybridized carbons (Fsp3) is 0.261. The number of hydrogen-bond acceptors (Lipinski definition) is 4. The molecule has 0 radical (unpaired) electrons. The highest BCUT2D eigenvalue weighted by atomic mass is 16.3. The molecule has 4 rings (SSSR count). The summed E-state index contributed by atoms with van der Waals surface area (Å²) in [5.74, 6) is -0.244. The maximum Gasteiger partial charge on any atom is 0.289 e. The van der Waals surface area contributed by atoms with E-state index in [0.29, 0.717) is 31.9 Å². The predicted molar refractivity (Wildman–Crippen MR) is 108 cm³/mol. The van der Waals surface area contributed by atoms with Crippen molar-refractivity contribution in [3.05, 3.63) is 89.6 Å². The van der Waals surface area contributed by atoms with Crippen molar-refractivity contribution < 1.29 is 14.0 Å². The van der Waals surface area contributed by atoms with Gasteiger partial charge in [-0.15, -0.1) is 0 Å². The molecule has 2 amide bonds. The Morgan fingerprint density at radius 3 is 2.31 bits per heavy atom. The zero-order valence-corrected chi connectivity index (χ0v) is 16.3. The van der Waals surface area contributed by atoms with Gasteiger partial charge in [0.25, 0.3) is 5.91 Å². The van der Waals surface area contributed by atoms with Gasteiger partial charge >= 0.3 is 0 Å². The lowest BCUT2D eigenvalue weighted by molar-refractivity contribution is -0.133. The number of furan rings is 1. The number of hydrogen-bond donors (Lipinski definition) is 0. The van der Waals surface area contributed by atoms with Gasteiger partial charge in [-0.2, -0.15) is 0 Å². The van der Waals surface area contributed by atoms with Crippen LogP contribution in [0.3, 0.4) is 0 Å². The normalized spacial score (nSPS) is 15.2. The van der Waals surface area contributed by atoms with Gasteiger partial charge in [0.1, 0.15) is 5.92 Å². The molecule has 0 bridgehead atoms. The second-order valence-corrected chi connectivity index (χ2v) is 7.14. The first-order valence-electron chi connectivity index (χ1n) is 9.73. The minimum absolute atomic E-state index is 0.0168. The summed E-state index contributed by atoms with van der Waals surface area (Å²) < 4.78 is 5.21. The van der Waals surface area contributed by atoms with Crippen LogP contribution in [0.4, 0.5) is 0 Å². The van der Waals surface area contributed by atoms with E-state index in [1.807, 2.05) is 54.3 Å². The molecule has 2 aromatic heterocycles. The number of piperazine rings is 1. The van der Waals surface area contributed by atoms with Crippen molar-refractivity contribution in [2.75, 3.05) is 26.2 Å². The van der Waals surface area contributed by atoms with Crippen molar-refractivity contribution in [1.82, 2.24) is 14.8 Å². The average molecular weight is 389 g/mol. The first kappa shape index (κ1) is 18.9. The number of nitrogens with zero attached hydrogens (tertiary/aromatic N) is 3. The Morgan fingerprint density at radius 1 is 0.931 bits per heavy atom. The Hall–Kier alpha value is -3.41. The molecular formula is C23H23N3O3. The molecule has 1 aromatic carbocycles. The molecule has 148 valence electrons. The van der Waals surface area contributed by atoms with E-state index in [0.717, 1.165) is 16.8 Å². The second-order valence-electron chi connectivity index (χ2n) is 7.14. The molecule has 1 atom stereocenters. The lowest BCUT2D eigenvalue weighted by Crippen LogP contribution is -2.51. The van der Waals surface area contributed by atoms with Crippen LogP contribution in [-0.4, -0.2) is 52.8 Å². The molecule has 1 aliphatic rings. The number of benzene rings is 1. The molecule has 0 spiro atoms. The van der Waals surface area contributed by atoms with E-state index in [-0.39, 0.29) is 11.8 Å². The first-order chi connectivity index (χ1) is 14.1. The molecule has 1 unspecified atom stereocenters. The molecule has 1 fully saturated rings. The summed E-state index contributed by atoms with van der Waals surface area (Å²) in [6, 6.07) is 16.9. The number of carbonyl (C=O) groups is 2. The van der Waals surface area contributed by atoms with E-state index < -0.39 is 5.92 Å². The van der Waals surface area contributed by atoms with Gasteiger partial charge in [-0.25, -0.2) is 0 Å². The lowest BCUT2D eigenvalue weighted by atomic mass is 9.90. The van der Waals surface area contributed by atoms with Gasteiger partial charge in [-0.1, -0.05) is 30.3 Å². The summed E-state index contributed by atoms with van der Waals surface area (Å²) in [6.07, 6.45) is 3.21. The number of pyridine rings is 1. The summed E-state index contributed by atoms with van der Waals surface area (Å²) in [7, 11) is 0. The SMILES string of the molecule is Cc1ccccc1C(C(=O)N1CCN(C(=O)c2ccco2)CC1)c1ccccn1. The van der Waals surface area contributed by atoms with Crippen LogP contribution in [0, 0.1) is 6.92 Å². The highest BCUT2D eigenvalue weighted by molar-refractivity contribution is 5.92. The van der Waals surface area contributed by atoms with Crippen molar-refractivity contribution in [2.24, 2.45) is 0 Å². The van der Waals surface area contributed by atoms with Crippen molar-refractivity contribution in [3.63, 3.8) is 0 Å². The molecule has 0 aliphatic carbocycles. The Bertz CT molecular complexity index is 978. The third kappa shape index (κ3) is 3.92. The Labute approximate surface area is 169 Å². The second kappa shape index (κ2) is 8.31. The van der Waals surface area contributed by atoms with Gasteiger partial charge in [-0.3, -0.25) is 14.6 Å². The third-order valence-electron chi connectivity index (χ3n) is 5.34. The summed E-state index contributed by atoms with van der Waals surface area (Å²) in [5, 5.41) is 0. The van der Waals surface area contributed by atoms with Crippen LogP contribution in [0.15, 0.2) is 71.5 Å². The summed E-state index contributed by atoms with van der Waals surface area (Å²) >= 11 is 0. The Kier molecular flexibility index (Phi) is 5.42. The van der Waals surface area contributed by atoms with Crippen LogP contribution < -0.4 is 0 Å². The number of rotatable bonds is 4. The van der Waals surface area contributed by atoms with E-state index in [4.69, 9.17) is 4.42 Å². The minimum Gasteiger partial charge on any atom is -0.459 e. The largest absolute Gasteiger partial charge is 0.459 e. The quantitative estimate of drug-likeness (QED) is 0.688. The van der Waals surface area contributed by atoms with Gasteiger partial charge in [0, 0.05) is 32.4 Å². The summed E-state index contributed by atoms with van der Waals surface area (Å²) in [6.45, 7) is 3.95. The number of carbonyl (C=O) groups excluding carboxylic acids is 2. The molecule has 0 saturated carbocycles. The lowest BCUT2D eigenvalue weighted by Gasteiger charge is -2.36. The number of amides is 2. The monoisotopic (exact) mass is 389 g/mol. The topological polar surface area (TPSA) is 66.7 Å². The molecule has 6 heteroatoms. The fourth-order valence-electron chi connectivity index (χ4n) is 3.74. The van der Waals surface area contributed by atoms with E-state index in [2.05, 4.69) is 4.98 Å². The van der Waals surface area contributed by atoms with Crippen LogP contribution in [0.2, 0.25) is 0 Å². The summed E-state index contributed by atoms with van der Waals surface area (Å²) in [5.41, 5.74) is 2.76. The maximum atomic E-state index is 13.5. The molecule has 0 N–H and O–H groups in total. The van der Waals surface area contributed by atoms with Gasteiger partial charge in [0.15, 0.2) is 5.76 Å². The van der Waals surface area contributed by atoms with Gasteiger partial charge in [0.2, 0.25) is 5.91 Å². The van der Waals surface area contributed by atoms with Crippen molar-refractivity contribution in [1.29, 1.82) is 0 Å². The fourth-order valence-corrected chi connectivity index (χ4v) is 3.74.